The highest BCUT2D eigenvalue weighted by atomic mass is 16.5. The van der Waals surface area contributed by atoms with Gasteiger partial charge in [0.1, 0.15) is 11.6 Å². The van der Waals surface area contributed by atoms with E-state index in [1.807, 2.05) is 18.2 Å². The Kier molecular flexibility index (Phi) is 8.18. The average Bonchev–Trinajstić information content (AvgIpc) is 3.56. The number of methoxy groups -OCH3 is 1. The van der Waals surface area contributed by atoms with Crippen LogP contribution < -0.4 is 15.8 Å². The van der Waals surface area contributed by atoms with Crippen LogP contribution in [0, 0.1) is 0 Å². The van der Waals surface area contributed by atoms with Crippen molar-refractivity contribution in [2.45, 2.75) is 51.2 Å². The van der Waals surface area contributed by atoms with Gasteiger partial charge in [-0.05, 0) is 59.7 Å². The second-order valence-electron chi connectivity index (χ2n) is 10.0. The molecule has 1 heterocycles. The monoisotopic (exact) mass is 521 g/mol. The lowest BCUT2D eigenvalue weighted by atomic mass is 9.99. The molecule has 5 rings (SSSR count). The van der Waals surface area contributed by atoms with Crippen LogP contribution in [-0.4, -0.2) is 33.8 Å². The van der Waals surface area contributed by atoms with Gasteiger partial charge in [0.05, 0.1) is 25.7 Å². The molecule has 3 N–H and O–H groups in total. The molecule has 7 nitrogen and oxygen atoms in total. The molecule has 7 heteroatoms. The van der Waals surface area contributed by atoms with Gasteiger partial charge < -0.3 is 20.4 Å². The first-order valence-electron chi connectivity index (χ1n) is 13.4. The van der Waals surface area contributed by atoms with E-state index in [9.17, 15) is 4.79 Å². The Bertz CT molecular complexity index is 1440. The summed E-state index contributed by atoms with van der Waals surface area (Å²) in [6, 6.07) is 25.8. The Balaban J connectivity index is 1.49. The predicted molar refractivity (Wildman–Crippen MR) is 153 cm³/mol. The summed E-state index contributed by atoms with van der Waals surface area (Å²) in [7, 11) is 1.66. The van der Waals surface area contributed by atoms with Crippen LogP contribution in [0.3, 0.4) is 0 Å². The summed E-state index contributed by atoms with van der Waals surface area (Å²) in [5, 5.41) is 12.5. The van der Waals surface area contributed by atoms with E-state index in [2.05, 4.69) is 86.8 Å². The number of fused-ring (bicyclic) bond motifs is 1. The molecule has 1 aliphatic rings. The maximum atomic E-state index is 12.9. The zero-order chi connectivity index (χ0) is 27.2. The third kappa shape index (κ3) is 6.26. The minimum Gasteiger partial charge on any atom is -0.497 e. The van der Waals surface area contributed by atoms with Crippen molar-refractivity contribution < 1.29 is 9.53 Å². The van der Waals surface area contributed by atoms with Crippen LogP contribution in [0.25, 0.3) is 5.57 Å². The van der Waals surface area contributed by atoms with Gasteiger partial charge in [0, 0.05) is 12.8 Å². The lowest BCUT2D eigenvalue weighted by Gasteiger charge is -2.22. The second-order valence-corrected chi connectivity index (χ2v) is 10.0. The van der Waals surface area contributed by atoms with Gasteiger partial charge in [0.2, 0.25) is 5.91 Å². The summed E-state index contributed by atoms with van der Waals surface area (Å²) in [6.45, 7) is 2.28. The number of amides is 1. The quantitative estimate of drug-likeness (QED) is 0.300. The molecule has 3 aromatic carbocycles. The third-order valence-corrected chi connectivity index (χ3v) is 7.23. The number of aromatic nitrogens is 3. The first-order valence-corrected chi connectivity index (χ1v) is 13.4. The number of carbonyl (C=O) groups excluding carboxylic acids is 1. The Morgan fingerprint density at radius 2 is 1.72 bits per heavy atom. The van der Waals surface area contributed by atoms with Crippen molar-refractivity contribution in [1.29, 1.82) is 0 Å². The van der Waals surface area contributed by atoms with E-state index >= 15 is 0 Å². The van der Waals surface area contributed by atoms with Crippen LogP contribution in [0.15, 0.2) is 84.9 Å². The van der Waals surface area contributed by atoms with Crippen molar-refractivity contribution in [3.63, 3.8) is 0 Å². The molecule has 1 aromatic heterocycles. The SMILES string of the molecule is COc1ccc(Cn2c(CCc3ccccc3)nnc2[C@@H](CC2=CCc3ccccc32)NC(=O)[C@H](C)N)cc1. The van der Waals surface area contributed by atoms with Gasteiger partial charge in [-0.15, -0.1) is 10.2 Å². The zero-order valence-electron chi connectivity index (χ0n) is 22.5. The number of ether oxygens (including phenoxy) is 1. The van der Waals surface area contributed by atoms with Crippen molar-refractivity contribution in [3.8, 4) is 5.75 Å². The van der Waals surface area contributed by atoms with Gasteiger partial charge >= 0.3 is 0 Å². The van der Waals surface area contributed by atoms with E-state index in [0.29, 0.717) is 13.0 Å². The highest BCUT2D eigenvalue weighted by Crippen LogP contribution is 2.34. The maximum Gasteiger partial charge on any atom is 0.237 e. The number of nitrogens with one attached hydrogen (secondary N) is 1. The Morgan fingerprint density at radius 3 is 2.46 bits per heavy atom. The summed E-state index contributed by atoms with van der Waals surface area (Å²) in [5.41, 5.74) is 12.0. The number of carbonyl (C=O) groups is 1. The van der Waals surface area contributed by atoms with E-state index in [4.69, 9.17) is 10.5 Å². The van der Waals surface area contributed by atoms with E-state index in [0.717, 1.165) is 42.2 Å². The molecule has 0 bridgehead atoms. The predicted octanol–water partition coefficient (Wildman–Crippen LogP) is 4.65. The molecule has 39 heavy (non-hydrogen) atoms. The fourth-order valence-electron chi connectivity index (χ4n) is 5.06. The van der Waals surface area contributed by atoms with Crippen LogP contribution in [0.1, 0.15) is 53.3 Å². The van der Waals surface area contributed by atoms with Crippen LogP contribution in [0.5, 0.6) is 5.75 Å². The van der Waals surface area contributed by atoms with Gasteiger partial charge in [0.25, 0.3) is 0 Å². The first-order chi connectivity index (χ1) is 19.0. The molecule has 1 aliphatic carbocycles. The van der Waals surface area contributed by atoms with Crippen molar-refractivity contribution in [2.75, 3.05) is 7.11 Å². The number of aryl methyl sites for hydroxylation is 2. The standard InChI is InChI=1S/C32H35N5O2/c1-22(33)32(38)34-29(20-26-16-15-25-10-6-7-11-28(25)26)31-36-35-30(19-14-23-8-4-3-5-9-23)37(31)21-24-12-17-27(39-2)18-13-24/h3-13,16-18,22,29H,14-15,19-21,33H2,1-2H3,(H,34,38)/t22-,29+/m0/s1. The molecule has 4 aromatic rings. The highest BCUT2D eigenvalue weighted by Gasteiger charge is 2.27. The topological polar surface area (TPSA) is 95.1 Å². The molecule has 0 radical (unpaired) electrons. The molecule has 0 unspecified atom stereocenters. The van der Waals surface area contributed by atoms with Crippen LogP contribution in [0.4, 0.5) is 0 Å². The number of nitrogens with zero attached hydrogens (tertiary/aromatic N) is 3. The summed E-state index contributed by atoms with van der Waals surface area (Å²) in [6.07, 6.45) is 5.31. The Morgan fingerprint density at radius 1 is 0.974 bits per heavy atom. The number of hydrogen-bond donors (Lipinski definition) is 2. The lowest BCUT2D eigenvalue weighted by Crippen LogP contribution is -2.41. The summed E-state index contributed by atoms with van der Waals surface area (Å²) in [5.74, 6) is 2.20. The normalized spacial score (nSPS) is 13.9. The van der Waals surface area contributed by atoms with Gasteiger partial charge in [-0.1, -0.05) is 72.8 Å². The first kappa shape index (κ1) is 26.4. The Labute approximate surface area is 229 Å². The smallest absolute Gasteiger partial charge is 0.237 e. The average molecular weight is 522 g/mol. The fourth-order valence-corrected chi connectivity index (χ4v) is 5.06. The number of allylic oxidation sites excluding steroid dienone is 1. The Hall–Kier alpha value is -4.23. The molecule has 0 aliphatic heterocycles. The van der Waals surface area contributed by atoms with Crippen molar-refractivity contribution >= 4 is 11.5 Å². The third-order valence-electron chi connectivity index (χ3n) is 7.23. The van der Waals surface area contributed by atoms with Gasteiger partial charge in [-0.25, -0.2) is 0 Å². The van der Waals surface area contributed by atoms with Gasteiger partial charge in [-0.2, -0.15) is 0 Å². The van der Waals surface area contributed by atoms with Gasteiger partial charge in [0.15, 0.2) is 5.82 Å². The van der Waals surface area contributed by atoms with E-state index < -0.39 is 6.04 Å². The number of rotatable bonds is 11. The van der Waals surface area contributed by atoms with E-state index in [1.165, 1.54) is 22.3 Å². The molecule has 0 saturated heterocycles. The van der Waals surface area contributed by atoms with Crippen molar-refractivity contribution in [3.05, 3.63) is 119 Å². The highest BCUT2D eigenvalue weighted by molar-refractivity contribution is 5.82. The maximum absolute atomic E-state index is 12.9. The van der Waals surface area contributed by atoms with Crippen LogP contribution in [0.2, 0.25) is 0 Å². The number of hydrogen-bond acceptors (Lipinski definition) is 5. The summed E-state index contributed by atoms with van der Waals surface area (Å²) < 4.78 is 7.50. The largest absolute Gasteiger partial charge is 0.497 e. The molecule has 1 amide bonds. The molecule has 0 spiro atoms. The van der Waals surface area contributed by atoms with E-state index in [1.54, 1.807) is 14.0 Å². The molecular formula is C32H35N5O2. The van der Waals surface area contributed by atoms with Crippen LogP contribution in [-0.2, 0) is 30.6 Å². The molecule has 2 atom stereocenters. The zero-order valence-corrected chi connectivity index (χ0v) is 22.5. The number of benzene rings is 3. The molecule has 0 fully saturated rings. The fraction of sp³-hybridized carbons (Fsp3) is 0.281. The minimum absolute atomic E-state index is 0.211. The van der Waals surface area contributed by atoms with Crippen LogP contribution >= 0.6 is 0 Å². The molecular weight excluding hydrogens is 486 g/mol. The molecule has 200 valence electrons. The molecule has 0 saturated carbocycles. The van der Waals surface area contributed by atoms with Crippen molar-refractivity contribution in [2.24, 2.45) is 5.73 Å². The number of nitrogens with two attached hydrogens (primary N) is 1. The van der Waals surface area contributed by atoms with Gasteiger partial charge in [-0.3, -0.25) is 4.79 Å². The minimum atomic E-state index is -0.632. The van der Waals surface area contributed by atoms with E-state index in [-0.39, 0.29) is 11.9 Å². The van der Waals surface area contributed by atoms with Crippen molar-refractivity contribution in [1.82, 2.24) is 20.1 Å². The second kappa shape index (κ2) is 12.1. The summed E-state index contributed by atoms with van der Waals surface area (Å²) in [4.78, 5) is 12.9. The summed E-state index contributed by atoms with van der Waals surface area (Å²) >= 11 is 0. The lowest BCUT2D eigenvalue weighted by molar-refractivity contribution is -0.122.